The summed E-state index contributed by atoms with van der Waals surface area (Å²) in [5.74, 6) is -3.13. The SMILES string of the molecule is COc1ccccc1C1C(C(=O)O)[C@@H](c2ccccc2OC)C1C(=O)Oc1ccc2cc(-c3cncnc3)ccc2c1. The molecule has 0 saturated heterocycles. The van der Waals surface area contributed by atoms with Gasteiger partial charge in [0, 0.05) is 29.8 Å². The van der Waals surface area contributed by atoms with E-state index in [9.17, 15) is 14.7 Å². The quantitative estimate of drug-likeness (QED) is 0.179. The van der Waals surface area contributed by atoms with Gasteiger partial charge in [-0.2, -0.15) is 0 Å². The summed E-state index contributed by atoms with van der Waals surface area (Å²) in [5.41, 5.74) is 3.17. The van der Waals surface area contributed by atoms with E-state index < -0.39 is 35.6 Å². The molecule has 0 amide bonds. The second-order valence-electron chi connectivity index (χ2n) is 10.2. The van der Waals surface area contributed by atoms with Crippen molar-refractivity contribution in [2.45, 2.75) is 11.8 Å². The predicted octanol–water partition coefficient (Wildman–Crippen LogP) is 6.12. The fourth-order valence-corrected chi connectivity index (χ4v) is 6.11. The Morgan fingerprint density at radius 3 is 1.86 bits per heavy atom. The van der Waals surface area contributed by atoms with Crippen molar-refractivity contribution in [3.8, 4) is 28.4 Å². The highest BCUT2D eigenvalue weighted by Gasteiger charge is 2.60. The van der Waals surface area contributed by atoms with E-state index in [0.717, 1.165) is 21.9 Å². The number of ether oxygens (including phenoxy) is 3. The number of carboxylic acids is 1. The summed E-state index contributed by atoms with van der Waals surface area (Å²) in [6.45, 7) is 0. The number of hydrogen-bond acceptors (Lipinski definition) is 7. The Labute approximate surface area is 242 Å². The zero-order valence-corrected chi connectivity index (χ0v) is 23.0. The maximum absolute atomic E-state index is 14.0. The summed E-state index contributed by atoms with van der Waals surface area (Å²) >= 11 is 0. The molecule has 1 heterocycles. The van der Waals surface area contributed by atoms with Crippen LogP contribution in [0.3, 0.4) is 0 Å². The Hall–Kier alpha value is -5.24. The second-order valence-corrected chi connectivity index (χ2v) is 10.2. The lowest BCUT2D eigenvalue weighted by Gasteiger charge is -2.49. The topological polar surface area (TPSA) is 108 Å². The van der Waals surface area contributed by atoms with Crippen LogP contribution >= 0.6 is 0 Å². The lowest BCUT2D eigenvalue weighted by Crippen LogP contribution is -2.52. The number of benzene rings is 4. The molecule has 1 aromatic heterocycles. The number of fused-ring (bicyclic) bond motifs is 1. The minimum absolute atomic E-state index is 0.375. The summed E-state index contributed by atoms with van der Waals surface area (Å²) in [6, 6.07) is 25.8. The summed E-state index contributed by atoms with van der Waals surface area (Å²) in [7, 11) is 3.06. The fourth-order valence-electron chi connectivity index (χ4n) is 6.11. The Bertz CT molecular complexity index is 1720. The van der Waals surface area contributed by atoms with E-state index in [1.807, 2.05) is 66.7 Å². The van der Waals surface area contributed by atoms with Crippen LogP contribution in [0.15, 0.2) is 104 Å². The lowest BCUT2D eigenvalue weighted by atomic mass is 9.52. The van der Waals surface area contributed by atoms with Crippen LogP contribution < -0.4 is 14.2 Å². The van der Waals surface area contributed by atoms with E-state index in [-0.39, 0.29) is 0 Å². The highest BCUT2D eigenvalue weighted by Crippen LogP contribution is 2.60. The number of aromatic nitrogens is 2. The van der Waals surface area contributed by atoms with E-state index in [1.165, 1.54) is 20.5 Å². The maximum Gasteiger partial charge on any atom is 0.315 e. The molecule has 0 bridgehead atoms. The average Bonchev–Trinajstić information content (AvgIpc) is 3.01. The van der Waals surface area contributed by atoms with Crippen LogP contribution in [-0.2, 0) is 9.59 Å². The largest absolute Gasteiger partial charge is 0.496 e. The first-order valence-electron chi connectivity index (χ1n) is 13.5. The molecular formula is C34H28N2O6. The number of carboxylic acid groups (broad SMARTS) is 1. The Kier molecular flexibility index (Phi) is 7.27. The molecule has 8 heteroatoms. The number of carbonyl (C=O) groups is 2. The minimum atomic E-state index is -1.00. The van der Waals surface area contributed by atoms with Crippen molar-refractivity contribution >= 4 is 22.7 Å². The van der Waals surface area contributed by atoms with E-state index in [0.29, 0.717) is 28.4 Å². The van der Waals surface area contributed by atoms with Gasteiger partial charge in [-0.3, -0.25) is 9.59 Å². The lowest BCUT2D eigenvalue weighted by molar-refractivity contribution is -0.158. The van der Waals surface area contributed by atoms with E-state index in [1.54, 1.807) is 30.6 Å². The zero-order valence-electron chi connectivity index (χ0n) is 23.0. The molecule has 1 aliphatic carbocycles. The molecule has 4 atom stereocenters. The molecule has 4 aromatic carbocycles. The van der Waals surface area contributed by atoms with Crippen LogP contribution in [0.4, 0.5) is 0 Å². The van der Waals surface area contributed by atoms with Crippen LogP contribution in [0.5, 0.6) is 17.2 Å². The van der Waals surface area contributed by atoms with Crippen molar-refractivity contribution < 1.29 is 28.9 Å². The van der Waals surface area contributed by atoms with Gasteiger partial charge in [0.05, 0.1) is 26.1 Å². The van der Waals surface area contributed by atoms with Crippen LogP contribution in [0.2, 0.25) is 0 Å². The van der Waals surface area contributed by atoms with Gasteiger partial charge in [0.25, 0.3) is 0 Å². The number of aliphatic carboxylic acids is 1. The minimum Gasteiger partial charge on any atom is -0.496 e. The first-order valence-corrected chi connectivity index (χ1v) is 13.5. The molecule has 0 aliphatic heterocycles. The van der Waals surface area contributed by atoms with E-state index in [4.69, 9.17) is 14.2 Å². The zero-order chi connectivity index (χ0) is 29.2. The van der Waals surface area contributed by atoms with Gasteiger partial charge >= 0.3 is 11.9 Å². The van der Waals surface area contributed by atoms with E-state index >= 15 is 0 Å². The highest BCUT2D eigenvalue weighted by molar-refractivity contribution is 5.90. The maximum atomic E-state index is 14.0. The summed E-state index contributed by atoms with van der Waals surface area (Å²) in [5, 5.41) is 12.2. The smallest absolute Gasteiger partial charge is 0.315 e. The van der Waals surface area contributed by atoms with Crippen molar-refractivity contribution in [2.75, 3.05) is 14.2 Å². The van der Waals surface area contributed by atoms with Gasteiger partial charge in [-0.1, -0.05) is 54.6 Å². The normalized spacial score (nSPS) is 19.5. The molecule has 42 heavy (non-hydrogen) atoms. The molecule has 1 fully saturated rings. The van der Waals surface area contributed by atoms with Gasteiger partial charge in [0.15, 0.2) is 0 Å². The first kappa shape index (κ1) is 27.0. The Balaban J connectivity index is 1.37. The van der Waals surface area contributed by atoms with Crippen molar-refractivity contribution in [1.29, 1.82) is 0 Å². The van der Waals surface area contributed by atoms with Crippen molar-refractivity contribution in [3.05, 3.63) is 115 Å². The molecule has 6 rings (SSSR count). The van der Waals surface area contributed by atoms with Gasteiger partial charge in [0.1, 0.15) is 23.6 Å². The third kappa shape index (κ3) is 4.81. The number of nitrogens with zero attached hydrogens (tertiary/aromatic N) is 2. The number of methoxy groups -OCH3 is 2. The van der Waals surface area contributed by atoms with Gasteiger partial charge in [-0.15, -0.1) is 0 Å². The van der Waals surface area contributed by atoms with Gasteiger partial charge in [-0.25, -0.2) is 9.97 Å². The fraction of sp³-hybridized carbons (Fsp3) is 0.176. The number of esters is 1. The van der Waals surface area contributed by atoms with Crippen molar-refractivity contribution in [2.24, 2.45) is 11.8 Å². The predicted molar refractivity (Wildman–Crippen MR) is 157 cm³/mol. The highest BCUT2D eigenvalue weighted by atomic mass is 16.5. The number of para-hydroxylation sites is 2. The van der Waals surface area contributed by atoms with Gasteiger partial charge < -0.3 is 19.3 Å². The summed E-state index contributed by atoms with van der Waals surface area (Å²) < 4.78 is 17.1. The molecular weight excluding hydrogens is 532 g/mol. The molecule has 1 N–H and O–H groups in total. The summed E-state index contributed by atoms with van der Waals surface area (Å²) in [4.78, 5) is 34.9. The molecule has 0 spiro atoms. The number of hydrogen-bond donors (Lipinski definition) is 1. The molecule has 0 radical (unpaired) electrons. The number of rotatable bonds is 8. The third-order valence-electron chi connectivity index (χ3n) is 8.03. The van der Waals surface area contributed by atoms with Gasteiger partial charge in [0.2, 0.25) is 0 Å². The molecule has 8 nitrogen and oxygen atoms in total. The van der Waals surface area contributed by atoms with Gasteiger partial charge in [-0.05, 0) is 57.8 Å². The standard InChI is InChI=1S/C34H28N2O6/c1-40-27-9-5-3-7-25(27)29-31(33(37)38)30(26-8-4-6-10-28(26)41-2)32(29)34(39)42-24-14-13-20-15-21(11-12-22(20)16-24)23-17-35-19-36-18-23/h3-19,29-32H,1-2H3,(H,37,38)/t29-,30?,31?,32?/m1/s1. The van der Waals surface area contributed by atoms with Crippen LogP contribution in [-0.4, -0.2) is 41.2 Å². The Morgan fingerprint density at radius 1 is 0.690 bits per heavy atom. The second kappa shape index (κ2) is 11.3. The van der Waals surface area contributed by atoms with Crippen LogP contribution in [0.1, 0.15) is 23.0 Å². The molecule has 1 saturated carbocycles. The molecule has 5 aromatic rings. The third-order valence-corrected chi connectivity index (χ3v) is 8.03. The van der Waals surface area contributed by atoms with Crippen molar-refractivity contribution in [1.82, 2.24) is 9.97 Å². The van der Waals surface area contributed by atoms with Crippen LogP contribution in [0.25, 0.3) is 21.9 Å². The average molecular weight is 561 g/mol. The van der Waals surface area contributed by atoms with E-state index in [2.05, 4.69) is 9.97 Å². The van der Waals surface area contributed by atoms with Crippen molar-refractivity contribution in [3.63, 3.8) is 0 Å². The number of carbonyl (C=O) groups excluding carboxylic acids is 1. The first-order chi connectivity index (χ1) is 20.5. The van der Waals surface area contributed by atoms with Crippen LogP contribution in [0, 0.1) is 11.8 Å². The molecule has 210 valence electrons. The molecule has 3 unspecified atom stereocenters. The summed E-state index contributed by atoms with van der Waals surface area (Å²) in [6.07, 6.45) is 5.00. The Morgan fingerprint density at radius 2 is 1.26 bits per heavy atom. The monoisotopic (exact) mass is 560 g/mol. The molecule has 1 aliphatic rings.